The predicted octanol–water partition coefficient (Wildman–Crippen LogP) is 2.50. The van der Waals surface area contributed by atoms with E-state index in [-0.39, 0.29) is 0 Å². The molecule has 0 atom stereocenters. The minimum atomic E-state index is -0.564. The van der Waals surface area contributed by atoms with Gasteiger partial charge in [0.05, 0.1) is 16.3 Å². The molecular formula is C13H16ClNO2. The Hall–Kier alpha value is -1.06. The molecule has 1 aliphatic heterocycles. The second kappa shape index (κ2) is 4.67. The van der Waals surface area contributed by atoms with Crippen LogP contribution in [-0.4, -0.2) is 30.1 Å². The Morgan fingerprint density at radius 1 is 1.41 bits per heavy atom. The summed E-state index contributed by atoms with van der Waals surface area (Å²) in [6.07, 6.45) is 2.26. The standard InChI is InChI=1S/C13H16ClNO2/c1-13(17)4-6-15(7-5-13)12-3-2-10(9-16)8-11(12)14/h2-3,8-9,17H,4-7H2,1H3. The van der Waals surface area contributed by atoms with Crippen LogP contribution in [0.1, 0.15) is 30.1 Å². The molecule has 1 N–H and O–H groups in total. The second-order valence-electron chi connectivity index (χ2n) is 4.81. The number of aldehydes is 1. The lowest BCUT2D eigenvalue weighted by molar-refractivity contribution is 0.0351. The van der Waals surface area contributed by atoms with Crippen molar-refractivity contribution in [3.63, 3.8) is 0 Å². The summed E-state index contributed by atoms with van der Waals surface area (Å²) in [6.45, 7) is 3.43. The average Bonchev–Trinajstić information content (AvgIpc) is 2.29. The third kappa shape index (κ3) is 2.79. The van der Waals surface area contributed by atoms with Gasteiger partial charge in [-0.3, -0.25) is 4.79 Å². The van der Waals surface area contributed by atoms with E-state index >= 15 is 0 Å². The van der Waals surface area contributed by atoms with E-state index in [9.17, 15) is 9.90 Å². The minimum absolute atomic E-state index is 0.564. The van der Waals surface area contributed by atoms with Gasteiger partial charge in [0.1, 0.15) is 6.29 Å². The molecule has 0 bridgehead atoms. The Labute approximate surface area is 106 Å². The number of nitrogens with zero attached hydrogens (tertiary/aromatic N) is 1. The summed E-state index contributed by atoms with van der Waals surface area (Å²) in [7, 11) is 0. The first-order valence-electron chi connectivity index (χ1n) is 5.74. The molecule has 0 spiro atoms. The number of carbonyl (C=O) groups is 1. The monoisotopic (exact) mass is 253 g/mol. The first-order chi connectivity index (χ1) is 8.02. The average molecular weight is 254 g/mol. The third-order valence-electron chi connectivity index (χ3n) is 3.29. The van der Waals surface area contributed by atoms with Crippen LogP contribution in [-0.2, 0) is 0 Å². The Balaban J connectivity index is 2.16. The Morgan fingerprint density at radius 2 is 2.06 bits per heavy atom. The molecule has 1 saturated heterocycles. The topological polar surface area (TPSA) is 40.5 Å². The van der Waals surface area contributed by atoms with E-state index in [1.54, 1.807) is 12.1 Å². The Morgan fingerprint density at radius 3 is 2.59 bits per heavy atom. The quantitative estimate of drug-likeness (QED) is 0.824. The van der Waals surface area contributed by atoms with Gasteiger partial charge in [-0.05, 0) is 38.0 Å². The van der Waals surface area contributed by atoms with Crippen LogP contribution < -0.4 is 4.90 Å². The smallest absolute Gasteiger partial charge is 0.150 e. The molecule has 0 aliphatic carbocycles. The van der Waals surface area contributed by atoms with Gasteiger partial charge in [-0.1, -0.05) is 11.6 Å². The highest BCUT2D eigenvalue weighted by Crippen LogP contribution is 2.31. The van der Waals surface area contributed by atoms with E-state index in [0.717, 1.165) is 37.9 Å². The van der Waals surface area contributed by atoms with Crippen LogP contribution in [0.2, 0.25) is 5.02 Å². The molecule has 0 amide bonds. The van der Waals surface area contributed by atoms with Crippen LogP contribution >= 0.6 is 11.6 Å². The van der Waals surface area contributed by atoms with Crippen LogP contribution in [0.5, 0.6) is 0 Å². The lowest BCUT2D eigenvalue weighted by Gasteiger charge is -2.37. The highest BCUT2D eigenvalue weighted by atomic mass is 35.5. The highest BCUT2D eigenvalue weighted by molar-refractivity contribution is 6.33. The number of benzene rings is 1. The van der Waals surface area contributed by atoms with Crippen LogP contribution in [0, 0.1) is 0 Å². The van der Waals surface area contributed by atoms with E-state index in [4.69, 9.17) is 11.6 Å². The maximum absolute atomic E-state index is 10.6. The molecule has 3 nitrogen and oxygen atoms in total. The number of piperidine rings is 1. The normalized spacial score (nSPS) is 19.1. The van der Waals surface area contributed by atoms with Crippen LogP contribution in [0.25, 0.3) is 0 Å². The molecule has 0 radical (unpaired) electrons. The van der Waals surface area contributed by atoms with Gasteiger partial charge in [-0.25, -0.2) is 0 Å². The van der Waals surface area contributed by atoms with Gasteiger partial charge in [0.15, 0.2) is 0 Å². The number of carbonyl (C=O) groups excluding carboxylic acids is 1. The summed E-state index contributed by atoms with van der Waals surface area (Å²) in [5, 5.41) is 10.5. The first kappa shape index (κ1) is 12.4. The molecular weight excluding hydrogens is 238 g/mol. The molecule has 4 heteroatoms. The molecule has 0 saturated carbocycles. The van der Waals surface area contributed by atoms with Crippen molar-refractivity contribution in [1.82, 2.24) is 0 Å². The Kier molecular flexibility index (Phi) is 3.40. The summed E-state index contributed by atoms with van der Waals surface area (Å²) >= 11 is 6.15. The van der Waals surface area contributed by atoms with Crippen molar-refractivity contribution in [3.8, 4) is 0 Å². The van der Waals surface area contributed by atoms with Gasteiger partial charge < -0.3 is 10.0 Å². The van der Waals surface area contributed by atoms with Crippen molar-refractivity contribution < 1.29 is 9.90 Å². The largest absolute Gasteiger partial charge is 0.390 e. The van der Waals surface area contributed by atoms with Gasteiger partial charge in [-0.15, -0.1) is 0 Å². The number of halogens is 1. The molecule has 17 heavy (non-hydrogen) atoms. The van der Waals surface area contributed by atoms with Crippen molar-refractivity contribution in [3.05, 3.63) is 28.8 Å². The van der Waals surface area contributed by atoms with E-state index in [0.29, 0.717) is 10.6 Å². The van der Waals surface area contributed by atoms with E-state index in [1.807, 2.05) is 13.0 Å². The second-order valence-corrected chi connectivity index (χ2v) is 5.22. The summed E-state index contributed by atoms with van der Waals surface area (Å²) < 4.78 is 0. The van der Waals surface area contributed by atoms with Crippen LogP contribution in [0.15, 0.2) is 18.2 Å². The molecule has 0 aromatic heterocycles. The zero-order valence-electron chi connectivity index (χ0n) is 9.82. The molecule has 92 valence electrons. The zero-order valence-corrected chi connectivity index (χ0v) is 10.6. The fraction of sp³-hybridized carbons (Fsp3) is 0.462. The van der Waals surface area contributed by atoms with Crippen LogP contribution in [0.4, 0.5) is 5.69 Å². The summed E-state index contributed by atoms with van der Waals surface area (Å²) in [6, 6.07) is 5.31. The summed E-state index contributed by atoms with van der Waals surface area (Å²) in [5.74, 6) is 0. The lowest BCUT2D eigenvalue weighted by Crippen LogP contribution is -2.42. The van der Waals surface area contributed by atoms with Crippen molar-refractivity contribution >= 4 is 23.6 Å². The van der Waals surface area contributed by atoms with Crippen molar-refractivity contribution in [2.75, 3.05) is 18.0 Å². The number of anilines is 1. The summed E-state index contributed by atoms with van der Waals surface area (Å²) in [4.78, 5) is 12.8. The maximum Gasteiger partial charge on any atom is 0.150 e. The number of rotatable bonds is 2. The molecule has 1 aromatic carbocycles. The van der Waals surface area contributed by atoms with Crippen molar-refractivity contribution in [2.45, 2.75) is 25.4 Å². The van der Waals surface area contributed by atoms with Crippen LogP contribution in [0.3, 0.4) is 0 Å². The van der Waals surface area contributed by atoms with Crippen molar-refractivity contribution in [2.24, 2.45) is 0 Å². The maximum atomic E-state index is 10.6. The van der Waals surface area contributed by atoms with Gasteiger partial charge in [0.2, 0.25) is 0 Å². The van der Waals surface area contributed by atoms with E-state index in [1.165, 1.54) is 0 Å². The van der Waals surface area contributed by atoms with E-state index < -0.39 is 5.60 Å². The fourth-order valence-electron chi connectivity index (χ4n) is 2.08. The lowest BCUT2D eigenvalue weighted by atomic mass is 9.93. The summed E-state index contributed by atoms with van der Waals surface area (Å²) in [5.41, 5.74) is 0.960. The highest BCUT2D eigenvalue weighted by Gasteiger charge is 2.28. The predicted molar refractivity (Wildman–Crippen MR) is 68.9 cm³/mol. The molecule has 1 aromatic rings. The molecule has 0 unspecified atom stereocenters. The Bertz CT molecular complexity index is 421. The number of aliphatic hydroxyl groups is 1. The molecule has 1 fully saturated rings. The van der Waals surface area contributed by atoms with E-state index in [2.05, 4.69) is 4.90 Å². The molecule has 1 heterocycles. The molecule has 2 rings (SSSR count). The van der Waals surface area contributed by atoms with Crippen molar-refractivity contribution in [1.29, 1.82) is 0 Å². The van der Waals surface area contributed by atoms with Gasteiger partial charge in [0, 0.05) is 18.7 Å². The molecule has 1 aliphatic rings. The number of hydrogen-bond acceptors (Lipinski definition) is 3. The van der Waals surface area contributed by atoms with Gasteiger partial charge >= 0.3 is 0 Å². The van der Waals surface area contributed by atoms with Gasteiger partial charge in [-0.2, -0.15) is 0 Å². The minimum Gasteiger partial charge on any atom is -0.390 e. The third-order valence-corrected chi connectivity index (χ3v) is 3.59. The van der Waals surface area contributed by atoms with Gasteiger partial charge in [0.25, 0.3) is 0 Å². The zero-order chi connectivity index (χ0) is 12.5. The fourth-order valence-corrected chi connectivity index (χ4v) is 2.39. The SMILES string of the molecule is CC1(O)CCN(c2ccc(C=O)cc2Cl)CC1. The number of hydrogen-bond donors (Lipinski definition) is 1. The first-order valence-corrected chi connectivity index (χ1v) is 6.12.